The number of carbonyl (C=O) groups excluding carboxylic acids is 1. The molecule has 9 heteroatoms. The first-order valence-electron chi connectivity index (χ1n) is 10.7. The molecule has 1 aliphatic rings. The number of H-pyrrole nitrogens is 1. The van der Waals surface area contributed by atoms with E-state index < -0.39 is 11.7 Å². The third kappa shape index (κ3) is 4.75. The van der Waals surface area contributed by atoms with Gasteiger partial charge in [-0.25, -0.2) is 14.4 Å². The number of nitrogens with two attached hydrogens (primary N) is 1. The first-order chi connectivity index (χ1) is 16.0. The van der Waals surface area contributed by atoms with Crippen molar-refractivity contribution in [2.75, 3.05) is 7.05 Å². The van der Waals surface area contributed by atoms with Crippen molar-refractivity contribution in [1.29, 1.82) is 0 Å². The molecular weight excluding hydrogens is 421 g/mol. The van der Waals surface area contributed by atoms with E-state index >= 15 is 0 Å². The lowest BCUT2D eigenvalue weighted by atomic mass is 10.0. The number of aliphatic imine (C=N–C) groups is 1. The molecule has 0 unspecified atom stereocenters. The monoisotopic (exact) mass is 445 g/mol. The topological polar surface area (TPSA) is 122 Å². The van der Waals surface area contributed by atoms with Crippen molar-refractivity contribution >= 4 is 28.9 Å². The molecule has 0 atom stereocenters. The number of imidazole rings is 1. The lowest BCUT2D eigenvalue weighted by Crippen LogP contribution is -2.25. The molecule has 168 valence electrons. The minimum absolute atomic E-state index is 0.0746. The summed E-state index contributed by atoms with van der Waals surface area (Å²) in [7, 11) is 1.60. The number of benzene rings is 1. The Labute approximate surface area is 190 Å². The molecule has 0 spiro atoms. The van der Waals surface area contributed by atoms with Gasteiger partial charge in [-0.15, -0.1) is 6.42 Å². The molecule has 1 fully saturated rings. The summed E-state index contributed by atoms with van der Waals surface area (Å²) in [4.78, 5) is 33.2. The van der Waals surface area contributed by atoms with Crippen LogP contribution < -0.4 is 11.1 Å². The van der Waals surface area contributed by atoms with Crippen molar-refractivity contribution in [2.45, 2.75) is 38.1 Å². The highest BCUT2D eigenvalue weighted by Gasteiger charge is 2.24. The normalized spacial score (nSPS) is 14.8. The van der Waals surface area contributed by atoms with Crippen molar-refractivity contribution < 1.29 is 9.18 Å². The van der Waals surface area contributed by atoms with Crippen LogP contribution in [-0.4, -0.2) is 39.1 Å². The number of fused-ring (bicyclic) bond motifs is 1. The maximum Gasteiger partial charge on any atom is 0.272 e. The van der Waals surface area contributed by atoms with E-state index in [0.29, 0.717) is 33.8 Å². The van der Waals surface area contributed by atoms with Crippen molar-refractivity contribution in [3.63, 3.8) is 0 Å². The van der Waals surface area contributed by atoms with Gasteiger partial charge >= 0.3 is 0 Å². The van der Waals surface area contributed by atoms with Crippen molar-refractivity contribution in [2.24, 2.45) is 10.7 Å². The minimum Gasteiger partial charge on any atom is -0.404 e. The van der Waals surface area contributed by atoms with Crippen LogP contribution in [-0.2, 0) is 6.54 Å². The van der Waals surface area contributed by atoms with Crippen LogP contribution in [0.25, 0.3) is 16.7 Å². The lowest BCUT2D eigenvalue weighted by Gasteiger charge is -2.09. The largest absolute Gasteiger partial charge is 0.404 e. The molecule has 1 aliphatic carbocycles. The summed E-state index contributed by atoms with van der Waals surface area (Å²) in [6, 6.07) is 4.44. The van der Waals surface area contributed by atoms with Crippen LogP contribution in [0.1, 0.15) is 64.9 Å². The van der Waals surface area contributed by atoms with Gasteiger partial charge in [-0.3, -0.25) is 9.79 Å². The van der Waals surface area contributed by atoms with Gasteiger partial charge in [0.1, 0.15) is 17.2 Å². The molecule has 0 bridgehead atoms. The molecule has 4 N–H and O–H groups in total. The number of nitrogens with one attached hydrogen (secondary N) is 2. The first-order valence-corrected chi connectivity index (χ1v) is 10.7. The van der Waals surface area contributed by atoms with Crippen LogP contribution in [0.4, 0.5) is 4.39 Å². The summed E-state index contributed by atoms with van der Waals surface area (Å²) >= 11 is 0. The highest BCUT2D eigenvalue weighted by Crippen LogP contribution is 2.33. The number of rotatable bonds is 6. The smallest absolute Gasteiger partial charge is 0.272 e. The predicted octanol–water partition coefficient (Wildman–Crippen LogP) is 3.06. The van der Waals surface area contributed by atoms with Gasteiger partial charge in [0.15, 0.2) is 11.3 Å². The summed E-state index contributed by atoms with van der Waals surface area (Å²) in [5.74, 6) is 2.66. The second-order valence-corrected chi connectivity index (χ2v) is 7.88. The number of terminal acetylenes is 1. The number of amides is 1. The Bertz CT molecular complexity index is 1300. The Hall–Kier alpha value is -4.06. The molecule has 1 aromatic carbocycles. The summed E-state index contributed by atoms with van der Waals surface area (Å²) in [6.07, 6.45) is 12.8. The van der Waals surface area contributed by atoms with Gasteiger partial charge in [-0.05, 0) is 48.1 Å². The van der Waals surface area contributed by atoms with E-state index in [2.05, 4.69) is 36.2 Å². The number of aromatic nitrogens is 4. The zero-order chi connectivity index (χ0) is 23.4. The summed E-state index contributed by atoms with van der Waals surface area (Å²) in [5.41, 5.74) is 8.24. The fourth-order valence-electron chi connectivity index (χ4n) is 4.07. The average molecular weight is 446 g/mol. The summed E-state index contributed by atoms with van der Waals surface area (Å²) < 4.78 is 14.2. The fourth-order valence-corrected chi connectivity index (χ4v) is 4.07. The summed E-state index contributed by atoms with van der Waals surface area (Å²) in [5, 5.41) is 2.78. The molecule has 2 heterocycles. The zero-order valence-corrected chi connectivity index (χ0v) is 18.2. The van der Waals surface area contributed by atoms with Gasteiger partial charge in [0.25, 0.3) is 5.91 Å². The number of nitrogens with zero attached hydrogens (tertiary/aromatic N) is 4. The molecule has 1 saturated carbocycles. The molecule has 0 radical (unpaired) electrons. The van der Waals surface area contributed by atoms with Gasteiger partial charge in [0, 0.05) is 37.5 Å². The van der Waals surface area contributed by atoms with Crippen LogP contribution in [0, 0.1) is 18.2 Å². The van der Waals surface area contributed by atoms with Gasteiger partial charge in [-0.1, -0.05) is 12.8 Å². The molecule has 0 saturated heterocycles. The van der Waals surface area contributed by atoms with Crippen LogP contribution in [0.15, 0.2) is 29.4 Å². The number of hydrogen-bond donors (Lipinski definition) is 3. The maximum atomic E-state index is 14.2. The Kier molecular flexibility index (Phi) is 6.45. The molecule has 1 amide bonds. The Balaban J connectivity index is 1.60. The second kappa shape index (κ2) is 9.61. The Morgan fingerprint density at radius 2 is 2.12 bits per heavy atom. The molecule has 8 nitrogen and oxygen atoms in total. The van der Waals surface area contributed by atoms with Crippen molar-refractivity contribution in [3.05, 3.63) is 58.7 Å². The first kappa shape index (κ1) is 22.1. The van der Waals surface area contributed by atoms with Gasteiger partial charge in [-0.2, -0.15) is 4.98 Å². The fraction of sp³-hybridized carbons (Fsp3) is 0.292. The maximum absolute atomic E-state index is 14.2. The molecular formula is C24H24FN7O. The number of halogens is 1. The quantitative estimate of drug-likeness (QED) is 0.398. The second-order valence-electron chi connectivity index (χ2n) is 7.88. The average Bonchev–Trinajstić information content (AvgIpc) is 3.49. The molecule has 33 heavy (non-hydrogen) atoms. The van der Waals surface area contributed by atoms with E-state index in [1.165, 1.54) is 24.5 Å². The van der Waals surface area contributed by atoms with Gasteiger partial charge in [0.2, 0.25) is 5.82 Å². The van der Waals surface area contributed by atoms with E-state index in [9.17, 15) is 9.18 Å². The van der Waals surface area contributed by atoms with Crippen LogP contribution in [0.3, 0.4) is 0 Å². The SMILES string of the molecule is C#Cc1nc(C(=O)NCc2cc(F)cc(C(C=NC)=CN)c2)c2[nH]c(C3CCCC3)nc2n1. The van der Waals surface area contributed by atoms with Crippen LogP contribution in [0.2, 0.25) is 0 Å². The standard InChI is InChI=1S/C24H24FN7O/c1-3-19-29-21(20-23(30-19)32-22(31-20)15-6-4-5-7-15)24(33)28-12-14-8-16(10-18(25)9-14)17(11-26)13-27-2/h1,8-11,13,15H,4-7,12,26H2,2H3,(H,28,33)(H,29,30,31,32). The minimum atomic E-state index is -0.462. The van der Waals surface area contributed by atoms with Gasteiger partial charge < -0.3 is 16.0 Å². The van der Waals surface area contributed by atoms with Crippen LogP contribution in [0.5, 0.6) is 0 Å². The molecule has 2 aromatic heterocycles. The number of allylic oxidation sites excluding steroid dienone is 1. The Morgan fingerprint density at radius 1 is 1.33 bits per heavy atom. The molecule has 4 rings (SSSR count). The summed E-state index contributed by atoms with van der Waals surface area (Å²) in [6.45, 7) is 0.0746. The van der Waals surface area contributed by atoms with E-state index in [1.807, 2.05) is 0 Å². The van der Waals surface area contributed by atoms with E-state index in [4.69, 9.17) is 12.2 Å². The zero-order valence-electron chi connectivity index (χ0n) is 18.2. The highest BCUT2D eigenvalue weighted by molar-refractivity contribution is 6.09. The lowest BCUT2D eigenvalue weighted by molar-refractivity contribution is 0.0947. The molecule has 3 aromatic rings. The van der Waals surface area contributed by atoms with Crippen molar-refractivity contribution in [3.8, 4) is 12.3 Å². The Morgan fingerprint density at radius 3 is 2.82 bits per heavy atom. The third-order valence-electron chi connectivity index (χ3n) is 5.65. The predicted molar refractivity (Wildman–Crippen MR) is 125 cm³/mol. The third-order valence-corrected chi connectivity index (χ3v) is 5.65. The molecule has 0 aliphatic heterocycles. The van der Waals surface area contributed by atoms with E-state index in [0.717, 1.165) is 31.5 Å². The highest BCUT2D eigenvalue weighted by atomic mass is 19.1. The number of carbonyl (C=O) groups is 1. The van der Waals surface area contributed by atoms with E-state index in [1.54, 1.807) is 13.1 Å². The van der Waals surface area contributed by atoms with Crippen LogP contribution >= 0.6 is 0 Å². The number of hydrogen-bond acceptors (Lipinski definition) is 6. The van der Waals surface area contributed by atoms with E-state index in [-0.39, 0.29) is 18.1 Å². The number of aromatic amines is 1. The van der Waals surface area contributed by atoms with Gasteiger partial charge in [0.05, 0.1) is 0 Å². The van der Waals surface area contributed by atoms with Crippen molar-refractivity contribution in [1.82, 2.24) is 25.3 Å².